The number of rotatable bonds is 1. The number of primary amides is 1. The second kappa shape index (κ2) is 2.76. The van der Waals surface area contributed by atoms with E-state index >= 15 is 0 Å². The van der Waals surface area contributed by atoms with Crippen molar-refractivity contribution in [1.29, 1.82) is 0 Å². The average molecular weight is 176 g/mol. The highest BCUT2D eigenvalue weighted by atomic mass is 16.2. The molecule has 1 atom stereocenters. The third-order valence-corrected chi connectivity index (χ3v) is 2.36. The van der Waals surface area contributed by atoms with E-state index in [0.717, 1.165) is 6.54 Å². The lowest BCUT2D eigenvalue weighted by Crippen LogP contribution is -2.19. The zero-order valence-corrected chi connectivity index (χ0v) is 7.53. The Morgan fingerprint density at radius 2 is 2.08 bits per heavy atom. The lowest BCUT2D eigenvalue weighted by molar-refractivity contribution is 0.236. The smallest absolute Gasteiger partial charge is 0.315 e. The van der Waals surface area contributed by atoms with Gasteiger partial charge in [-0.25, -0.2) is 4.79 Å². The number of aryl methyl sites for hydroxylation is 1. The van der Waals surface area contributed by atoms with E-state index in [0.29, 0.717) is 0 Å². The monoisotopic (exact) mass is 176 g/mol. The highest BCUT2D eigenvalue weighted by Gasteiger charge is 2.37. The van der Waals surface area contributed by atoms with Crippen LogP contribution in [-0.2, 0) is 0 Å². The SMILES string of the molecule is Cc1ccc(C2CN2C(N)=O)cc1. The van der Waals surface area contributed by atoms with Crippen LogP contribution >= 0.6 is 0 Å². The van der Waals surface area contributed by atoms with E-state index in [1.165, 1.54) is 11.1 Å². The number of benzene rings is 1. The van der Waals surface area contributed by atoms with Crippen LogP contribution in [0.1, 0.15) is 17.2 Å². The first-order chi connectivity index (χ1) is 6.18. The Balaban J connectivity index is 2.12. The molecule has 1 aromatic carbocycles. The van der Waals surface area contributed by atoms with Crippen LogP contribution in [0.2, 0.25) is 0 Å². The fraction of sp³-hybridized carbons (Fsp3) is 0.300. The average Bonchev–Trinajstić information content (AvgIpc) is 2.85. The fourth-order valence-electron chi connectivity index (χ4n) is 1.46. The molecule has 1 fully saturated rings. The molecule has 0 radical (unpaired) electrons. The van der Waals surface area contributed by atoms with E-state index in [1.54, 1.807) is 4.90 Å². The zero-order valence-electron chi connectivity index (χ0n) is 7.53. The predicted octanol–water partition coefficient (Wildman–Crippen LogP) is 1.43. The van der Waals surface area contributed by atoms with Crippen molar-refractivity contribution < 1.29 is 4.79 Å². The summed E-state index contributed by atoms with van der Waals surface area (Å²) in [6, 6.07) is 8.08. The van der Waals surface area contributed by atoms with E-state index in [-0.39, 0.29) is 12.1 Å². The lowest BCUT2D eigenvalue weighted by Gasteiger charge is -2.00. The maximum Gasteiger partial charge on any atom is 0.315 e. The molecule has 68 valence electrons. The van der Waals surface area contributed by atoms with Crippen LogP contribution < -0.4 is 5.73 Å². The summed E-state index contributed by atoms with van der Waals surface area (Å²) in [7, 11) is 0. The third kappa shape index (κ3) is 1.49. The van der Waals surface area contributed by atoms with Crippen LogP contribution in [0.3, 0.4) is 0 Å². The van der Waals surface area contributed by atoms with Crippen molar-refractivity contribution in [1.82, 2.24) is 4.90 Å². The minimum Gasteiger partial charge on any atom is -0.351 e. The fourth-order valence-corrected chi connectivity index (χ4v) is 1.46. The molecule has 1 unspecified atom stereocenters. The number of hydrogen-bond acceptors (Lipinski definition) is 1. The molecule has 0 bridgehead atoms. The summed E-state index contributed by atoms with van der Waals surface area (Å²) in [4.78, 5) is 12.4. The van der Waals surface area contributed by atoms with Crippen LogP contribution in [0, 0.1) is 6.92 Å². The Bertz CT molecular complexity index is 331. The van der Waals surface area contributed by atoms with Crippen LogP contribution in [-0.4, -0.2) is 17.5 Å². The number of carbonyl (C=O) groups is 1. The van der Waals surface area contributed by atoms with Crippen molar-refractivity contribution in [2.45, 2.75) is 13.0 Å². The van der Waals surface area contributed by atoms with Crippen LogP contribution in [0.5, 0.6) is 0 Å². The van der Waals surface area contributed by atoms with Gasteiger partial charge < -0.3 is 10.6 Å². The highest BCUT2D eigenvalue weighted by Crippen LogP contribution is 2.33. The topological polar surface area (TPSA) is 46.1 Å². The summed E-state index contributed by atoms with van der Waals surface area (Å²) in [6.45, 7) is 2.81. The van der Waals surface area contributed by atoms with Gasteiger partial charge in [-0.05, 0) is 12.5 Å². The van der Waals surface area contributed by atoms with Crippen molar-refractivity contribution in [2.75, 3.05) is 6.54 Å². The van der Waals surface area contributed by atoms with Crippen molar-refractivity contribution in [3.05, 3.63) is 35.4 Å². The van der Waals surface area contributed by atoms with Gasteiger partial charge in [-0.3, -0.25) is 0 Å². The molecule has 1 aromatic rings. The van der Waals surface area contributed by atoms with Gasteiger partial charge in [0, 0.05) is 6.54 Å². The number of hydrogen-bond donors (Lipinski definition) is 1. The normalized spacial score (nSPS) is 20.1. The number of nitrogens with zero attached hydrogens (tertiary/aromatic N) is 1. The molecule has 2 amide bonds. The molecule has 0 saturated carbocycles. The molecular weight excluding hydrogens is 164 g/mol. The molecule has 1 heterocycles. The predicted molar refractivity (Wildman–Crippen MR) is 50.2 cm³/mol. The standard InChI is InChI=1S/C10H12N2O/c1-7-2-4-8(5-3-7)9-6-12(9)10(11)13/h2-5,9H,6H2,1H3,(H2,11,13). The minimum absolute atomic E-state index is 0.220. The van der Waals surface area contributed by atoms with Gasteiger partial charge in [-0.1, -0.05) is 29.8 Å². The molecule has 1 saturated heterocycles. The van der Waals surface area contributed by atoms with Crippen molar-refractivity contribution in [2.24, 2.45) is 5.73 Å². The molecule has 0 aliphatic carbocycles. The first-order valence-electron chi connectivity index (χ1n) is 4.31. The first-order valence-corrected chi connectivity index (χ1v) is 4.31. The summed E-state index contributed by atoms with van der Waals surface area (Å²) < 4.78 is 0. The Labute approximate surface area is 77.1 Å². The van der Waals surface area contributed by atoms with Gasteiger partial charge in [0.2, 0.25) is 0 Å². The summed E-state index contributed by atoms with van der Waals surface area (Å²) >= 11 is 0. The van der Waals surface area contributed by atoms with Gasteiger partial charge in [0.25, 0.3) is 0 Å². The third-order valence-electron chi connectivity index (χ3n) is 2.36. The molecule has 2 rings (SSSR count). The summed E-state index contributed by atoms with van der Waals surface area (Å²) in [5.41, 5.74) is 7.54. The van der Waals surface area contributed by atoms with Crippen LogP contribution in [0.25, 0.3) is 0 Å². The Morgan fingerprint density at radius 1 is 1.46 bits per heavy atom. The first kappa shape index (κ1) is 8.10. The quantitative estimate of drug-likeness (QED) is 0.646. The minimum atomic E-state index is -0.328. The Kier molecular flexibility index (Phi) is 1.72. The molecule has 13 heavy (non-hydrogen) atoms. The van der Waals surface area contributed by atoms with Gasteiger partial charge >= 0.3 is 6.03 Å². The van der Waals surface area contributed by atoms with E-state index in [2.05, 4.69) is 0 Å². The molecular formula is C10H12N2O. The second-order valence-corrected chi connectivity index (χ2v) is 3.42. The molecule has 1 aliphatic heterocycles. The van der Waals surface area contributed by atoms with Crippen molar-refractivity contribution in [3.63, 3.8) is 0 Å². The number of nitrogens with two attached hydrogens (primary N) is 1. The van der Waals surface area contributed by atoms with Gasteiger partial charge in [0.1, 0.15) is 0 Å². The second-order valence-electron chi connectivity index (χ2n) is 3.42. The number of urea groups is 1. The molecule has 2 N–H and O–H groups in total. The Morgan fingerprint density at radius 3 is 2.54 bits per heavy atom. The molecule has 3 heteroatoms. The maximum atomic E-state index is 10.8. The number of carbonyl (C=O) groups excluding carboxylic acids is 1. The lowest BCUT2D eigenvalue weighted by atomic mass is 10.1. The van der Waals surface area contributed by atoms with E-state index in [4.69, 9.17) is 5.73 Å². The summed E-state index contributed by atoms with van der Waals surface area (Å²) in [6.07, 6.45) is 0. The largest absolute Gasteiger partial charge is 0.351 e. The maximum absolute atomic E-state index is 10.8. The van der Waals surface area contributed by atoms with Crippen LogP contribution in [0.4, 0.5) is 4.79 Å². The van der Waals surface area contributed by atoms with Gasteiger partial charge in [0.05, 0.1) is 6.04 Å². The molecule has 3 nitrogen and oxygen atoms in total. The molecule has 1 aliphatic rings. The van der Waals surface area contributed by atoms with Crippen molar-refractivity contribution >= 4 is 6.03 Å². The van der Waals surface area contributed by atoms with E-state index in [1.807, 2.05) is 31.2 Å². The van der Waals surface area contributed by atoms with Crippen molar-refractivity contribution in [3.8, 4) is 0 Å². The Hall–Kier alpha value is -1.51. The molecule has 0 spiro atoms. The molecule has 0 aromatic heterocycles. The van der Waals surface area contributed by atoms with Gasteiger partial charge in [-0.15, -0.1) is 0 Å². The summed E-state index contributed by atoms with van der Waals surface area (Å²) in [5, 5.41) is 0. The van der Waals surface area contributed by atoms with E-state index < -0.39 is 0 Å². The zero-order chi connectivity index (χ0) is 9.42. The number of amides is 2. The van der Waals surface area contributed by atoms with E-state index in [9.17, 15) is 4.79 Å². The van der Waals surface area contributed by atoms with Gasteiger partial charge in [0.15, 0.2) is 0 Å². The van der Waals surface area contributed by atoms with Crippen LogP contribution in [0.15, 0.2) is 24.3 Å². The highest BCUT2D eigenvalue weighted by molar-refractivity contribution is 5.75. The summed E-state index contributed by atoms with van der Waals surface area (Å²) in [5.74, 6) is 0. The van der Waals surface area contributed by atoms with Gasteiger partial charge in [-0.2, -0.15) is 0 Å².